The van der Waals surface area contributed by atoms with E-state index in [-0.39, 0.29) is 34.4 Å². The summed E-state index contributed by atoms with van der Waals surface area (Å²) in [5, 5.41) is 36.1. The maximum absolute atomic E-state index is 14.7. The molecule has 47 heavy (non-hydrogen) atoms. The lowest BCUT2D eigenvalue weighted by atomic mass is 9.75. The van der Waals surface area contributed by atoms with Gasteiger partial charge in [0.25, 0.3) is 5.91 Å². The van der Waals surface area contributed by atoms with Crippen LogP contribution in [0.1, 0.15) is 69.8 Å². The molecular formula is C31H32ClF2N9O4. The summed E-state index contributed by atoms with van der Waals surface area (Å²) < 4.78 is 27.7. The highest BCUT2D eigenvalue weighted by atomic mass is 35.5. The number of nitrogens with zero attached hydrogens (tertiary/aromatic N) is 8. The van der Waals surface area contributed by atoms with Crippen molar-refractivity contribution >= 4 is 29.6 Å². The first-order valence-electron chi connectivity index (χ1n) is 14.9. The van der Waals surface area contributed by atoms with Crippen LogP contribution in [0.25, 0.3) is 22.6 Å². The minimum absolute atomic E-state index is 0.0740. The minimum atomic E-state index is -3.01. The van der Waals surface area contributed by atoms with E-state index in [1.165, 1.54) is 18.2 Å². The van der Waals surface area contributed by atoms with E-state index in [1.807, 2.05) is 32.9 Å². The molecule has 0 spiro atoms. The van der Waals surface area contributed by atoms with E-state index in [9.17, 15) is 28.6 Å². The number of aromatic nitrogens is 6. The molecule has 1 saturated heterocycles. The molecule has 246 valence electrons. The summed E-state index contributed by atoms with van der Waals surface area (Å²) in [5.74, 6) is -1.09. The normalized spacial score (nSPS) is 19.9. The highest BCUT2D eigenvalue weighted by Crippen LogP contribution is 2.43. The van der Waals surface area contributed by atoms with Crippen molar-refractivity contribution in [1.29, 1.82) is 0 Å². The second-order valence-corrected chi connectivity index (χ2v) is 13.2. The largest absolute Gasteiger partial charge is 0.463 e. The molecule has 2 aliphatic rings. The fraction of sp³-hybridized carbons (Fsp3) is 0.387. The quantitative estimate of drug-likeness (QED) is 0.211. The predicted molar refractivity (Wildman–Crippen MR) is 166 cm³/mol. The monoisotopic (exact) mass is 667 g/mol. The fourth-order valence-electron chi connectivity index (χ4n) is 5.94. The molecule has 2 amide bonds. The first kappa shape index (κ1) is 32.2. The van der Waals surface area contributed by atoms with Crippen molar-refractivity contribution in [3.05, 3.63) is 71.1 Å². The van der Waals surface area contributed by atoms with Crippen molar-refractivity contribution in [2.45, 2.75) is 64.2 Å². The Balaban J connectivity index is 1.43. The number of aliphatic hydroxyl groups is 1. The topological polar surface area (TPSA) is 164 Å². The Kier molecular flexibility index (Phi) is 8.30. The SMILES string of the molecule is CC(C)(C)C[C@]1(c2ccc(-c3cnn(C4CC4)n3)cc2)N/C(=N\C(=O)O)N([C@H](CO)c2ccc(Cl)c(-c3ncnn3C(F)F)c2)C1=O. The summed E-state index contributed by atoms with van der Waals surface area (Å²) >= 11 is 6.38. The summed E-state index contributed by atoms with van der Waals surface area (Å²) in [6.07, 6.45) is 3.37. The van der Waals surface area contributed by atoms with E-state index in [4.69, 9.17) is 11.6 Å². The van der Waals surface area contributed by atoms with Gasteiger partial charge in [0.2, 0.25) is 5.96 Å². The zero-order valence-corrected chi connectivity index (χ0v) is 26.4. The number of guanidine groups is 1. The molecule has 0 unspecified atom stereocenters. The molecule has 2 aromatic heterocycles. The molecule has 16 heteroatoms. The molecule has 2 fully saturated rings. The van der Waals surface area contributed by atoms with E-state index in [0.29, 0.717) is 22.0 Å². The fourth-order valence-corrected chi connectivity index (χ4v) is 6.14. The summed E-state index contributed by atoms with van der Waals surface area (Å²) in [6.45, 7) is 2.15. The van der Waals surface area contributed by atoms with Crippen LogP contribution in [0, 0.1) is 5.41 Å². The van der Waals surface area contributed by atoms with Crippen molar-refractivity contribution in [3.63, 3.8) is 0 Å². The molecular weight excluding hydrogens is 636 g/mol. The van der Waals surface area contributed by atoms with Gasteiger partial charge in [-0.1, -0.05) is 62.7 Å². The van der Waals surface area contributed by atoms with E-state index in [0.717, 1.165) is 29.6 Å². The molecule has 6 rings (SSSR count). The molecule has 3 heterocycles. The van der Waals surface area contributed by atoms with Gasteiger partial charge in [-0.2, -0.15) is 33.6 Å². The third-order valence-corrected chi connectivity index (χ3v) is 8.38. The number of halogens is 3. The highest BCUT2D eigenvalue weighted by molar-refractivity contribution is 6.33. The van der Waals surface area contributed by atoms with E-state index in [2.05, 4.69) is 30.6 Å². The number of benzene rings is 2. The Morgan fingerprint density at radius 1 is 1.17 bits per heavy atom. The summed E-state index contributed by atoms with van der Waals surface area (Å²) in [7, 11) is 0. The number of hydrogen-bond donors (Lipinski definition) is 3. The van der Waals surface area contributed by atoms with Gasteiger partial charge in [0, 0.05) is 11.1 Å². The summed E-state index contributed by atoms with van der Waals surface area (Å²) in [6, 6.07) is 10.6. The van der Waals surface area contributed by atoms with Gasteiger partial charge < -0.3 is 15.5 Å². The van der Waals surface area contributed by atoms with Crippen LogP contribution in [-0.2, 0) is 10.3 Å². The average molecular weight is 668 g/mol. The van der Waals surface area contributed by atoms with Crippen LogP contribution in [0.5, 0.6) is 0 Å². The summed E-state index contributed by atoms with van der Waals surface area (Å²) in [5.41, 5.74) is 0.392. The lowest BCUT2D eigenvalue weighted by molar-refractivity contribution is -0.134. The summed E-state index contributed by atoms with van der Waals surface area (Å²) in [4.78, 5) is 37.1. The second kappa shape index (κ2) is 12.1. The van der Waals surface area contributed by atoms with Crippen LogP contribution < -0.4 is 5.32 Å². The molecule has 0 radical (unpaired) electrons. The van der Waals surface area contributed by atoms with Crippen molar-refractivity contribution < 1.29 is 28.6 Å². The van der Waals surface area contributed by atoms with Crippen LogP contribution >= 0.6 is 11.6 Å². The second-order valence-electron chi connectivity index (χ2n) is 12.8. The van der Waals surface area contributed by atoms with Crippen LogP contribution in [0.4, 0.5) is 13.6 Å². The minimum Gasteiger partial charge on any atom is -0.463 e. The number of rotatable bonds is 9. The molecule has 0 bridgehead atoms. The highest BCUT2D eigenvalue weighted by Gasteiger charge is 2.55. The van der Waals surface area contributed by atoms with Crippen molar-refractivity contribution in [3.8, 4) is 22.6 Å². The Labute approximate surface area is 272 Å². The molecule has 13 nitrogen and oxygen atoms in total. The Bertz CT molecular complexity index is 1850. The van der Waals surface area contributed by atoms with Crippen molar-refractivity contribution in [2.75, 3.05) is 6.61 Å². The third kappa shape index (κ3) is 6.20. The number of aliphatic imine (C=N–C) groups is 1. The lowest BCUT2D eigenvalue weighted by Gasteiger charge is -2.35. The standard InChI is InChI=1S/C31H32ClF2N9O4/c1-30(2,3)15-31(19-7-4-17(5-8-19)23-13-36-43(40-23)20-9-10-20)26(45)41(28(39-31)38-29(46)47)24(14-44)18-6-11-22(32)21(12-18)25-35-16-37-42(25)27(33)34/h4-8,11-13,16,20,24,27,44H,9-10,14-15H2,1-3H3,(H,38,39)(H,46,47)/t24-,31-/m1/s1. The Morgan fingerprint density at radius 3 is 2.51 bits per heavy atom. The van der Waals surface area contributed by atoms with Gasteiger partial charge in [-0.05, 0) is 47.9 Å². The van der Waals surface area contributed by atoms with E-state index >= 15 is 0 Å². The van der Waals surface area contributed by atoms with Crippen molar-refractivity contribution in [2.24, 2.45) is 10.4 Å². The number of alkyl halides is 2. The molecule has 3 N–H and O–H groups in total. The van der Waals surface area contributed by atoms with E-state index < -0.39 is 42.2 Å². The van der Waals surface area contributed by atoms with Gasteiger partial charge in [-0.15, -0.1) is 4.99 Å². The van der Waals surface area contributed by atoms with Gasteiger partial charge in [0.15, 0.2) is 5.82 Å². The first-order chi connectivity index (χ1) is 22.3. The smallest absolute Gasteiger partial charge is 0.434 e. The molecule has 2 atom stereocenters. The number of hydrogen-bond acceptors (Lipinski definition) is 7. The Morgan fingerprint density at radius 2 is 1.89 bits per heavy atom. The molecule has 1 aliphatic carbocycles. The zero-order valence-electron chi connectivity index (χ0n) is 25.7. The van der Waals surface area contributed by atoms with Gasteiger partial charge in [0.05, 0.1) is 29.9 Å². The number of amides is 2. The van der Waals surface area contributed by atoms with Gasteiger partial charge in [-0.3, -0.25) is 9.69 Å². The Hall–Kier alpha value is -4.76. The number of carbonyl (C=O) groups excluding carboxylic acids is 1. The van der Waals surface area contributed by atoms with Crippen LogP contribution in [0.2, 0.25) is 5.02 Å². The molecule has 4 aromatic rings. The first-order valence-corrected chi connectivity index (χ1v) is 15.2. The maximum Gasteiger partial charge on any atom is 0.434 e. The third-order valence-electron chi connectivity index (χ3n) is 8.05. The average Bonchev–Trinajstić information content (AvgIpc) is 3.42. The number of aliphatic hydroxyl groups excluding tert-OH is 1. The van der Waals surface area contributed by atoms with Crippen LogP contribution in [0.15, 0.2) is 60.0 Å². The van der Waals surface area contributed by atoms with Gasteiger partial charge in [0.1, 0.15) is 17.6 Å². The lowest BCUT2D eigenvalue weighted by Crippen LogP contribution is -2.47. The van der Waals surface area contributed by atoms with Crippen LogP contribution in [-0.4, -0.2) is 69.4 Å². The zero-order chi connectivity index (χ0) is 33.7. The van der Waals surface area contributed by atoms with Crippen molar-refractivity contribution in [1.82, 2.24) is 40.0 Å². The molecule has 2 aromatic carbocycles. The number of carbonyl (C=O) groups is 2. The van der Waals surface area contributed by atoms with Crippen LogP contribution in [0.3, 0.4) is 0 Å². The number of nitrogens with one attached hydrogen (secondary N) is 1. The van der Waals surface area contributed by atoms with Gasteiger partial charge >= 0.3 is 12.6 Å². The molecule has 1 saturated carbocycles. The number of carboxylic acid groups (broad SMARTS) is 1. The predicted octanol–water partition coefficient (Wildman–Crippen LogP) is 5.42. The molecule has 1 aliphatic heterocycles. The maximum atomic E-state index is 14.7. The van der Waals surface area contributed by atoms with Gasteiger partial charge in [-0.25, -0.2) is 9.78 Å². The van der Waals surface area contributed by atoms with E-state index in [1.54, 1.807) is 23.1 Å².